The van der Waals surface area contributed by atoms with Crippen LogP contribution in [0.1, 0.15) is 10.4 Å². The number of carboxylic acids is 1. The third kappa shape index (κ3) is 1.34. The maximum atomic E-state index is 12.6. The zero-order chi connectivity index (χ0) is 9.30. The lowest BCUT2D eigenvalue weighted by molar-refractivity contribution is -0.255. The molecule has 0 saturated heterocycles. The number of nitrogen functional groups attached to an aromatic ring is 1. The summed E-state index contributed by atoms with van der Waals surface area (Å²) in [7, 11) is 0. The Kier molecular flexibility index (Phi) is 1.95. The number of nitrogens with two attached hydrogens (primary N) is 1. The Bertz CT molecular complexity index is 338. The van der Waals surface area contributed by atoms with Gasteiger partial charge in [-0.2, -0.15) is 0 Å². The molecule has 0 fully saturated rings. The molecule has 1 aromatic rings. The lowest BCUT2D eigenvalue weighted by Crippen LogP contribution is -2.23. The largest absolute Gasteiger partial charge is 0.545 e. The van der Waals surface area contributed by atoms with E-state index in [-0.39, 0.29) is 0 Å². The highest BCUT2D eigenvalue weighted by molar-refractivity contribution is 5.87. The van der Waals surface area contributed by atoms with Crippen LogP contribution in [0.4, 0.5) is 14.5 Å². The first-order chi connectivity index (χ1) is 5.52. The third-order valence-electron chi connectivity index (χ3n) is 1.31. The Balaban J connectivity index is 3.33. The number of halogens is 2. The molecule has 0 amide bonds. The molecule has 5 heteroatoms. The van der Waals surface area contributed by atoms with Gasteiger partial charge in [-0.3, -0.25) is 0 Å². The van der Waals surface area contributed by atoms with Crippen LogP contribution in [0, 0.1) is 11.6 Å². The molecule has 12 heavy (non-hydrogen) atoms. The summed E-state index contributed by atoms with van der Waals surface area (Å²) >= 11 is 0. The van der Waals surface area contributed by atoms with Crippen LogP contribution in [0.5, 0.6) is 0 Å². The Labute approximate surface area is 66.4 Å². The second-order valence-electron chi connectivity index (χ2n) is 2.14. The van der Waals surface area contributed by atoms with Gasteiger partial charge in [0.1, 0.15) is 11.6 Å². The average molecular weight is 172 g/mol. The number of aromatic carboxylic acids is 1. The quantitative estimate of drug-likeness (QED) is 0.602. The van der Waals surface area contributed by atoms with Crippen LogP contribution < -0.4 is 10.8 Å². The molecule has 3 nitrogen and oxygen atoms in total. The highest BCUT2D eigenvalue weighted by Crippen LogP contribution is 2.15. The van der Waals surface area contributed by atoms with Gasteiger partial charge in [0.05, 0.1) is 11.7 Å². The molecule has 1 aromatic carbocycles. The van der Waals surface area contributed by atoms with Crippen LogP contribution in [-0.2, 0) is 0 Å². The van der Waals surface area contributed by atoms with Crippen LogP contribution in [0.3, 0.4) is 0 Å². The molecular formula is C7H4F2NO2-. The number of hydrogen-bond donors (Lipinski definition) is 1. The molecule has 64 valence electrons. The van der Waals surface area contributed by atoms with Crippen molar-refractivity contribution in [3.8, 4) is 0 Å². The van der Waals surface area contributed by atoms with Crippen LogP contribution in [0.15, 0.2) is 12.1 Å². The van der Waals surface area contributed by atoms with Gasteiger partial charge in [0, 0.05) is 11.6 Å². The Morgan fingerprint density at radius 2 is 1.92 bits per heavy atom. The van der Waals surface area contributed by atoms with Gasteiger partial charge in [-0.1, -0.05) is 0 Å². The molecule has 0 radical (unpaired) electrons. The van der Waals surface area contributed by atoms with E-state index in [1.807, 2.05) is 0 Å². The van der Waals surface area contributed by atoms with Crippen molar-refractivity contribution in [3.05, 3.63) is 29.3 Å². The van der Waals surface area contributed by atoms with E-state index in [0.29, 0.717) is 12.1 Å². The van der Waals surface area contributed by atoms with Crippen molar-refractivity contribution < 1.29 is 18.7 Å². The maximum Gasteiger partial charge on any atom is 0.149 e. The lowest BCUT2D eigenvalue weighted by atomic mass is 10.2. The van der Waals surface area contributed by atoms with Crippen molar-refractivity contribution in [1.29, 1.82) is 0 Å². The molecular weight excluding hydrogens is 168 g/mol. The molecule has 0 saturated carbocycles. The van der Waals surface area contributed by atoms with Crippen molar-refractivity contribution in [2.75, 3.05) is 5.73 Å². The number of hydrogen-bond acceptors (Lipinski definition) is 3. The molecule has 0 spiro atoms. The normalized spacial score (nSPS) is 9.83. The fourth-order valence-corrected chi connectivity index (χ4v) is 0.722. The molecule has 0 bridgehead atoms. The molecule has 0 unspecified atom stereocenters. The van der Waals surface area contributed by atoms with Crippen LogP contribution in [0.25, 0.3) is 0 Å². The fourth-order valence-electron chi connectivity index (χ4n) is 0.722. The molecule has 0 heterocycles. The van der Waals surface area contributed by atoms with Crippen molar-refractivity contribution >= 4 is 11.7 Å². The van der Waals surface area contributed by atoms with Gasteiger partial charge in [-0.25, -0.2) is 8.78 Å². The second kappa shape index (κ2) is 2.77. The minimum absolute atomic E-state index is 0.403. The van der Waals surface area contributed by atoms with Crippen molar-refractivity contribution in [2.45, 2.75) is 0 Å². The van der Waals surface area contributed by atoms with E-state index in [2.05, 4.69) is 0 Å². The monoisotopic (exact) mass is 172 g/mol. The Hall–Kier alpha value is -1.65. The lowest BCUT2D eigenvalue weighted by Gasteiger charge is -2.05. The standard InChI is InChI=1S/C7H5F2NO2/c8-4-2-5(9)6(10)1-3(4)7(11)12/h1-2H,10H2,(H,11,12)/p-1. The molecule has 0 aliphatic carbocycles. The maximum absolute atomic E-state index is 12.6. The number of benzene rings is 1. The highest BCUT2D eigenvalue weighted by atomic mass is 19.1. The molecule has 0 aliphatic heterocycles. The fraction of sp³-hybridized carbons (Fsp3) is 0. The van der Waals surface area contributed by atoms with Gasteiger partial charge in [0.15, 0.2) is 0 Å². The van der Waals surface area contributed by atoms with Crippen LogP contribution in [0.2, 0.25) is 0 Å². The van der Waals surface area contributed by atoms with Gasteiger partial charge in [0.25, 0.3) is 0 Å². The van der Waals surface area contributed by atoms with Gasteiger partial charge in [-0.15, -0.1) is 0 Å². The molecule has 2 N–H and O–H groups in total. The summed E-state index contributed by atoms with van der Waals surface area (Å²) in [5.74, 6) is -3.90. The zero-order valence-corrected chi connectivity index (χ0v) is 5.80. The van der Waals surface area contributed by atoms with E-state index in [9.17, 15) is 18.7 Å². The molecule has 0 aromatic heterocycles. The van der Waals surface area contributed by atoms with Gasteiger partial charge in [-0.05, 0) is 6.07 Å². The van der Waals surface area contributed by atoms with Gasteiger partial charge in [0.2, 0.25) is 0 Å². The first-order valence-corrected chi connectivity index (χ1v) is 2.98. The average Bonchev–Trinajstić information content (AvgIpc) is 1.96. The predicted octanol–water partition coefficient (Wildman–Crippen LogP) is -0.0895. The smallest absolute Gasteiger partial charge is 0.149 e. The summed E-state index contributed by atoms with van der Waals surface area (Å²) in [6.45, 7) is 0. The number of carbonyl (C=O) groups is 1. The van der Waals surface area contributed by atoms with Crippen LogP contribution in [-0.4, -0.2) is 5.97 Å². The predicted molar refractivity (Wildman–Crippen MR) is 35.1 cm³/mol. The summed E-state index contributed by atoms with van der Waals surface area (Å²) in [6.07, 6.45) is 0. The highest BCUT2D eigenvalue weighted by Gasteiger charge is 2.07. The van der Waals surface area contributed by atoms with E-state index < -0.39 is 28.9 Å². The SMILES string of the molecule is Nc1cc(C(=O)[O-])c(F)cc1F. The minimum Gasteiger partial charge on any atom is -0.545 e. The Morgan fingerprint density at radius 1 is 1.33 bits per heavy atom. The minimum atomic E-state index is -1.72. The van der Waals surface area contributed by atoms with Gasteiger partial charge >= 0.3 is 0 Å². The van der Waals surface area contributed by atoms with E-state index in [4.69, 9.17) is 5.73 Å². The zero-order valence-electron chi connectivity index (χ0n) is 5.80. The first kappa shape index (κ1) is 8.45. The number of rotatable bonds is 1. The van der Waals surface area contributed by atoms with Crippen molar-refractivity contribution in [2.24, 2.45) is 0 Å². The first-order valence-electron chi connectivity index (χ1n) is 2.98. The van der Waals surface area contributed by atoms with Crippen LogP contribution >= 0.6 is 0 Å². The third-order valence-corrected chi connectivity index (χ3v) is 1.31. The Morgan fingerprint density at radius 3 is 2.42 bits per heavy atom. The number of carboxylic acid groups (broad SMARTS) is 1. The summed E-state index contributed by atoms with van der Waals surface area (Å²) in [6, 6.07) is 1.08. The van der Waals surface area contributed by atoms with E-state index in [0.717, 1.165) is 0 Å². The summed E-state index contributed by atoms with van der Waals surface area (Å²) in [5, 5.41) is 10.2. The number of carbonyl (C=O) groups excluding carboxylic acids is 1. The topological polar surface area (TPSA) is 66.2 Å². The van der Waals surface area contributed by atoms with E-state index in [1.54, 1.807) is 0 Å². The summed E-state index contributed by atoms with van der Waals surface area (Å²) < 4.78 is 25.0. The van der Waals surface area contributed by atoms with Crippen molar-refractivity contribution in [3.63, 3.8) is 0 Å². The summed E-state index contributed by atoms with van der Waals surface area (Å²) in [4.78, 5) is 10.2. The van der Waals surface area contributed by atoms with E-state index >= 15 is 0 Å². The van der Waals surface area contributed by atoms with E-state index in [1.165, 1.54) is 0 Å². The molecule has 1 rings (SSSR count). The second-order valence-corrected chi connectivity index (χ2v) is 2.14. The molecule has 0 atom stereocenters. The van der Waals surface area contributed by atoms with Crippen molar-refractivity contribution in [1.82, 2.24) is 0 Å². The van der Waals surface area contributed by atoms with Gasteiger partial charge < -0.3 is 15.6 Å². The number of anilines is 1. The summed E-state index contributed by atoms with van der Waals surface area (Å²) in [5.41, 5.74) is 3.83. The molecule has 0 aliphatic rings.